The fourth-order valence-corrected chi connectivity index (χ4v) is 1.60. The summed E-state index contributed by atoms with van der Waals surface area (Å²) in [5.74, 6) is 1.38. The maximum Gasteiger partial charge on any atom is 0.145 e. The van der Waals surface area contributed by atoms with E-state index in [2.05, 4.69) is 4.98 Å². The largest absolute Gasteiger partial charge is 0.494 e. The molecule has 18 heavy (non-hydrogen) atoms. The van der Waals surface area contributed by atoms with Crippen LogP contribution in [-0.4, -0.2) is 18.7 Å². The summed E-state index contributed by atoms with van der Waals surface area (Å²) in [4.78, 5) is 4.23. The Kier molecular flexibility index (Phi) is 4.02. The summed E-state index contributed by atoms with van der Waals surface area (Å²) in [6.07, 6.45) is 2.55. The molecule has 0 bridgehead atoms. The van der Waals surface area contributed by atoms with Crippen molar-refractivity contribution < 1.29 is 9.47 Å². The molecule has 1 aromatic heterocycles. The zero-order valence-electron chi connectivity index (χ0n) is 10.3. The van der Waals surface area contributed by atoms with Gasteiger partial charge in [-0.3, -0.25) is 4.98 Å². The molecule has 4 nitrogen and oxygen atoms in total. The molecular formula is C14H16N2O2. The normalized spacial score (nSPS) is 10.1. The van der Waals surface area contributed by atoms with Crippen LogP contribution in [0.1, 0.15) is 5.69 Å². The van der Waals surface area contributed by atoms with Crippen molar-refractivity contribution in [1.29, 1.82) is 0 Å². The lowest BCUT2D eigenvalue weighted by molar-refractivity contribution is 0.318. The minimum atomic E-state index is 0.573. The molecule has 0 amide bonds. The molecule has 0 spiro atoms. The lowest BCUT2D eigenvalue weighted by Gasteiger charge is -2.09. The molecule has 1 aromatic carbocycles. The first-order valence-electron chi connectivity index (χ1n) is 5.76. The second kappa shape index (κ2) is 5.91. The van der Waals surface area contributed by atoms with Gasteiger partial charge in [0, 0.05) is 24.4 Å². The Morgan fingerprint density at radius 1 is 1.22 bits per heavy atom. The van der Waals surface area contributed by atoms with E-state index in [0.29, 0.717) is 18.0 Å². The van der Waals surface area contributed by atoms with Crippen molar-refractivity contribution in [2.24, 2.45) is 0 Å². The van der Waals surface area contributed by atoms with Gasteiger partial charge in [-0.25, -0.2) is 0 Å². The minimum absolute atomic E-state index is 0.573. The molecule has 0 unspecified atom stereocenters. The third-order valence-corrected chi connectivity index (χ3v) is 2.56. The molecule has 2 rings (SSSR count). The van der Waals surface area contributed by atoms with E-state index in [1.165, 1.54) is 0 Å². The summed E-state index contributed by atoms with van der Waals surface area (Å²) >= 11 is 0. The van der Waals surface area contributed by atoms with Crippen LogP contribution in [0.3, 0.4) is 0 Å². The van der Waals surface area contributed by atoms with Gasteiger partial charge in [0.15, 0.2) is 0 Å². The topological polar surface area (TPSA) is 57.4 Å². The second-order valence-corrected chi connectivity index (χ2v) is 3.82. The summed E-state index contributed by atoms with van der Waals surface area (Å²) < 4.78 is 10.8. The van der Waals surface area contributed by atoms with E-state index in [4.69, 9.17) is 15.2 Å². The van der Waals surface area contributed by atoms with Crippen molar-refractivity contribution in [2.75, 3.05) is 19.5 Å². The zero-order valence-corrected chi connectivity index (χ0v) is 10.3. The molecule has 0 saturated carbocycles. The lowest BCUT2D eigenvalue weighted by Crippen LogP contribution is -2.03. The Bertz CT molecular complexity index is 500. The number of anilines is 1. The highest BCUT2D eigenvalue weighted by molar-refractivity contribution is 5.55. The lowest BCUT2D eigenvalue weighted by atomic mass is 10.2. The molecule has 4 heteroatoms. The Balaban J connectivity index is 1.91. The van der Waals surface area contributed by atoms with Crippen molar-refractivity contribution in [3.63, 3.8) is 0 Å². The van der Waals surface area contributed by atoms with E-state index < -0.39 is 0 Å². The van der Waals surface area contributed by atoms with Gasteiger partial charge in [-0.15, -0.1) is 0 Å². The molecule has 2 aromatic rings. The predicted octanol–water partition coefficient (Wildman–Crippen LogP) is 2.29. The number of aromatic nitrogens is 1. The third-order valence-electron chi connectivity index (χ3n) is 2.56. The number of rotatable bonds is 5. The Hall–Kier alpha value is -2.23. The average Bonchev–Trinajstić information content (AvgIpc) is 2.42. The van der Waals surface area contributed by atoms with Crippen molar-refractivity contribution in [3.8, 4) is 11.5 Å². The predicted molar refractivity (Wildman–Crippen MR) is 70.8 cm³/mol. The monoisotopic (exact) mass is 244 g/mol. The standard InChI is InChI=1S/C14H16N2O2/c1-17-14-10-12(5-6-13(14)15)18-9-7-11-4-2-3-8-16-11/h2-6,8,10H,7,9,15H2,1H3. The van der Waals surface area contributed by atoms with Crippen molar-refractivity contribution in [1.82, 2.24) is 4.98 Å². The van der Waals surface area contributed by atoms with E-state index in [1.807, 2.05) is 24.3 Å². The number of nitrogens with two attached hydrogens (primary N) is 1. The molecule has 0 atom stereocenters. The van der Waals surface area contributed by atoms with Crippen LogP contribution in [0.25, 0.3) is 0 Å². The molecule has 0 aliphatic heterocycles. The summed E-state index contributed by atoms with van der Waals surface area (Å²) in [6, 6.07) is 11.2. The first-order valence-corrected chi connectivity index (χ1v) is 5.76. The Labute approximate surface area is 106 Å². The number of hydrogen-bond acceptors (Lipinski definition) is 4. The third kappa shape index (κ3) is 3.13. The molecule has 2 N–H and O–H groups in total. The SMILES string of the molecule is COc1cc(OCCc2ccccn2)ccc1N. The van der Waals surface area contributed by atoms with Crippen LogP contribution in [0.2, 0.25) is 0 Å². The highest BCUT2D eigenvalue weighted by atomic mass is 16.5. The van der Waals surface area contributed by atoms with Crippen molar-refractivity contribution in [3.05, 3.63) is 48.3 Å². The van der Waals surface area contributed by atoms with Crippen molar-refractivity contribution in [2.45, 2.75) is 6.42 Å². The van der Waals surface area contributed by atoms with Gasteiger partial charge in [0.25, 0.3) is 0 Å². The number of pyridine rings is 1. The second-order valence-electron chi connectivity index (χ2n) is 3.82. The Morgan fingerprint density at radius 2 is 2.11 bits per heavy atom. The molecule has 0 saturated heterocycles. The van der Waals surface area contributed by atoms with Crippen LogP contribution in [0.5, 0.6) is 11.5 Å². The van der Waals surface area contributed by atoms with E-state index in [9.17, 15) is 0 Å². The highest BCUT2D eigenvalue weighted by Gasteiger charge is 2.02. The first kappa shape index (κ1) is 12.2. The molecule has 1 heterocycles. The van der Waals surface area contributed by atoms with Gasteiger partial charge in [0.05, 0.1) is 19.4 Å². The highest BCUT2D eigenvalue weighted by Crippen LogP contribution is 2.26. The number of ether oxygens (including phenoxy) is 2. The van der Waals surface area contributed by atoms with Gasteiger partial charge in [-0.2, -0.15) is 0 Å². The fourth-order valence-electron chi connectivity index (χ4n) is 1.60. The van der Waals surface area contributed by atoms with Crippen LogP contribution < -0.4 is 15.2 Å². The zero-order chi connectivity index (χ0) is 12.8. The molecule has 94 valence electrons. The number of benzene rings is 1. The molecule has 0 aliphatic carbocycles. The van der Waals surface area contributed by atoms with Crippen LogP contribution in [0.15, 0.2) is 42.6 Å². The van der Waals surface area contributed by atoms with E-state index in [0.717, 1.165) is 17.9 Å². The van der Waals surface area contributed by atoms with Crippen molar-refractivity contribution >= 4 is 5.69 Å². The Morgan fingerprint density at radius 3 is 2.83 bits per heavy atom. The van der Waals surface area contributed by atoms with Crippen LogP contribution in [-0.2, 0) is 6.42 Å². The van der Waals surface area contributed by atoms with Gasteiger partial charge in [-0.1, -0.05) is 6.07 Å². The van der Waals surface area contributed by atoms with Crippen LogP contribution in [0, 0.1) is 0 Å². The molecule has 0 fully saturated rings. The summed E-state index contributed by atoms with van der Waals surface area (Å²) in [5, 5.41) is 0. The summed E-state index contributed by atoms with van der Waals surface area (Å²) in [6.45, 7) is 0.573. The number of nitrogen functional groups attached to an aromatic ring is 1. The van der Waals surface area contributed by atoms with Crippen LogP contribution in [0.4, 0.5) is 5.69 Å². The van der Waals surface area contributed by atoms with Gasteiger partial charge >= 0.3 is 0 Å². The number of nitrogens with zero attached hydrogens (tertiary/aromatic N) is 1. The van der Waals surface area contributed by atoms with Gasteiger partial charge in [0.2, 0.25) is 0 Å². The van der Waals surface area contributed by atoms with Gasteiger partial charge in [0.1, 0.15) is 11.5 Å². The van der Waals surface area contributed by atoms with Gasteiger partial charge in [-0.05, 0) is 24.3 Å². The van der Waals surface area contributed by atoms with E-state index in [-0.39, 0.29) is 0 Å². The average molecular weight is 244 g/mol. The van der Waals surface area contributed by atoms with E-state index in [1.54, 1.807) is 25.4 Å². The van der Waals surface area contributed by atoms with E-state index >= 15 is 0 Å². The number of hydrogen-bond donors (Lipinski definition) is 1. The summed E-state index contributed by atoms with van der Waals surface area (Å²) in [5.41, 5.74) is 7.35. The van der Waals surface area contributed by atoms with Crippen LogP contribution >= 0.6 is 0 Å². The quantitative estimate of drug-likeness (QED) is 0.820. The minimum Gasteiger partial charge on any atom is -0.494 e. The molecular weight excluding hydrogens is 228 g/mol. The smallest absolute Gasteiger partial charge is 0.145 e. The maximum absolute atomic E-state index is 5.73. The molecule has 0 radical (unpaired) electrons. The summed E-state index contributed by atoms with van der Waals surface area (Å²) in [7, 11) is 1.59. The van der Waals surface area contributed by atoms with Gasteiger partial charge < -0.3 is 15.2 Å². The maximum atomic E-state index is 5.73. The number of methoxy groups -OCH3 is 1. The molecule has 0 aliphatic rings. The first-order chi connectivity index (χ1) is 8.79. The fraction of sp³-hybridized carbons (Fsp3) is 0.214.